The van der Waals surface area contributed by atoms with Gasteiger partial charge < -0.3 is 14.2 Å². The molecule has 0 N–H and O–H groups in total. The molecule has 5 nitrogen and oxygen atoms in total. The fraction of sp³-hybridized carbons (Fsp3) is 0.391. The van der Waals surface area contributed by atoms with E-state index in [1.54, 1.807) is 25.3 Å². The normalized spacial score (nSPS) is 11.2. The molecule has 3 rings (SSSR count). The van der Waals surface area contributed by atoms with E-state index in [-0.39, 0.29) is 5.91 Å². The average Bonchev–Trinajstić information content (AvgIpc) is 3.04. The van der Waals surface area contributed by atoms with Gasteiger partial charge in [-0.3, -0.25) is 4.79 Å². The van der Waals surface area contributed by atoms with E-state index in [4.69, 9.17) is 21.3 Å². The number of rotatable bonds is 8. The van der Waals surface area contributed by atoms with E-state index < -0.39 is 0 Å². The molecule has 1 heterocycles. The van der Waals surface area contributed by atoms with E-state index in [9.17, 15) is 4.79 Å². The van der Waals surface area contributed by atoms with Gasteiger partial charge in [0.1, 0.15) is 11.6 Å². The molecule has 0 aliphatic rings. The number of hydrogen-bond donors (Lipinski definition) is 0. The largest absolute Gasteiger partial charge is 0.496 e. The maximum Gasteiger partial charge on any atom is 0.258 e. The van der Waals surface area contributed by atoms with Gasteiger partial charge in [-0.1, -0.05) is 44.5 Å². The summed E-state index contributed by atoms with van der Waals surface area (Å²) in [5.74, 6) is 1.62. The summed E-state index contributed by atoms with van der Waals surface area (Å²) in [6, 6.07) is 13.2. The molecule has 0 radical (unpaired) electrons. The maximum absolute atomic E-state index is 13.5. The molecular formula is C23H28ClN3O2. The average molecular weight is 414 g/mol. The molecule has 0 aliphatic carbocycles. The van der Waals surface area contributed by atoms with E-state index >= 15 is 0 Å². The first kappa shape index (κ1) is 21.2. The van der Waals surface area contributed by atoms with Crippen molar-refractivity contribution in [3.05, 3.63) is 58.9 Å². The molecule has 0 unspecified atom stereocenters. The topological polar surface area (TPSA) is 47.4 Å². The van der Waals surface area contributed by atoms with Crippen LogP contribution in [0.5, 0.6) is 5.75 Å². The molecule has 0 fully saturated rings. The number of carbonyl (C=O) groups is 1. The minimum atomic E-state index is -0.104. The minimum Gasteiger partial charge on any atom is -0.496 e. The van der Waals surface area contributed by atoms with Crippen molar-refractivity contribution < 1.29 is 9.53 Å². The summed E-state index contributed by atoms with van der Waals surface area (Å²) in [5.41, 5.74) is 2.52. The summed E-state index contributed by atoms with van der Waals surface area (Å²) in [4.78, 5) is 20.1. The third kappa shape index (κ3) is 4.73. The number of halogens is 1. The molecule has 0 bridgehead atoms. The Labute approximate surface area is 177 Å². The summed E-state index contributed by atoms with van der Waals surface area (Å²) in [5, 5.41) is 0.511. The highest BCUT2D eigenvalue weighted by Gasteiger charge is 2.23. The van der Waals surface area contributed by atoms with E-state index in [1.165, 1.54) is 0 Å². The molecule has 3 aromatic rings. The van der Waals surface area contributed by atoms with E-state index in [1.807, 2.05) is 23.1 Å². The third-order valence-corrected chi connectivity index (χ3v) is 5.01. The van der Waals surface area contributed by atoms with Crippen molar-refractivity contribution >= 4 is 28.5 Å². The molecule has 29 heavy (non-hydrogen) atoms. The van der Waals surface area contributed by atoms with Crippen LogP contribution < -0.4 is 4.74 Å². The summed E-state index contributed by atoms with van der Waals surface area (Å²) < 4.78 is 7.62. The fourth-order valence-corrected chi connectivity index (χ4v) is 3.74. The van der Waals surface area contributed by atoms with Gasteiger partial charge in [-0.05, 0) is 42.7 Å². The van der Waals surface area contributed by atoms with Crippen LogP contribution in [-0.4, -0.2) is 34.0 Å². The standard InChI is InChI=1S/C23H28ClN3O2/c1-5-12-27-20-9-7-6-8-19(20)25-22(27)15-26(14-16(2)3)23(28)18-13-17(24)10-11-21(18)29-4/h6-11,13,16H,5,12,14-15H2,1-4H3. The van der Waals surface area contributed by atoms with Gasteiger partial charge in [-0.15, -0.1) is 0 Å². The number of methoxy groups -OCH3 is 1. The second-order valence-electron chi connectivity index (χ2n) is 7.59. The Morgan fingerprint density at radius 2 is 2.00 bits per heavy atom. The van der Waals surface area contributed by atoms with Gasteiger partial charge in [-0.25, -0.2) is 4.98 Å². The maximum atomic E-state index is 13.5. The van der Waals surface area contributed by atoms with Crippen molar-refractivity contribution in [1.82, 2.24) is 14.5 Å². The molecule has 0 saturated carbocycles. The van der Waals surface area contributed by atoms with Crippen LogP contribution in [0.15, 0.2) is 42.5 Å². The van der Waals surface area contributed by atoms with Crippen molar-refractivity contribution in [1.29, 1.82) is 0 Å². The number of aromatic nitrogens is 2. The molecule has 0 aliphatic heterocycles. The van der Waals surface area contributed by atoms with Crippen LogP contribution in [-0.2, 0) is 13.1 Å². The molecule has 2 aromatic carbocycles. The van der Waals surface area contributed by atoms with E-state index in [0.717, 1.165) is 29.8 Å². The fourth-order valence-electron chi connectivity index (χ4n) is 3.57. The van der Waals surface area contributed by atoms with Gasteiger partial charge in [0.2, 0.25) is 0 Å². The van der Waals surface area contributed by atoms with Crippen molar-refractivity contribution in [2.75, 3.05) is 13.7 Å². The second-order valence-corrected chi connectivity index (χ2v) is 8.03. The first-order chi connectivity index (χ1) is 13.9. The number of amides is 1. The third-order valence-electron chi connectivity index (χ3n) is 4.78. The van der Waals surface area contributed by atoms with Gasteiger partial charge in [0.15, 0.2) is 0 Å². The smallest absolute Gasteiger partial charge is 0.258 e. The molecule has 0 spiro atoms. The first-order valence-corrected chi connectivity index (χ1v) is 10.4. The highest BCUT2D eigenvalue weighted by atomic mass is 35.5. The zero-order valence-corrected chi connectivity index (χ0v) is 18.2. The van der Waals surface area contributed by atoms with Crippen LogP contribution in [0.3, 0.4) is 0 Å². The number of aryl methyl sites for hydroxylation is 1. The summed E-state index contributed by atoms with van der Waals surface area (Å²) in [7, 11) is 1.56. The Kier molecular flexibility index (Phi) is 6.80. The van der Waals surface area contributed by atoms with Crippen LogP contribution >= 0.6 is 11.6 Å². The Bertz CT molecular complexity index is 997. The Balaban J connectivity index is 2.00. The molecule has 1 amide bonds. The van der Waals surface area contributed by atoms with E-state index in [0.29, 0.717) is 35.3 Å². The highest BCUT2D eigenvalue weighted by Crippen LogP contribution is 2.26. The van der Waals surface area contributed by atoms with Crippen molar-refractivity contribution in [3.8, 4) is 5.75 Å². The van der Waals surface area contributed by atoms with Gasteiger partial charge in [0.25, 0.3) is 5.91 Å². The zero-order chi connectivity index (χ0) is 21.0. The lowest BCUT2D eigenvalue weighted by molar-refractivity contribution is 0.0713. The predicted molar refractivity (Wildman–Crippen MR) is 118 cm³/mol. The number of hydrogen-bond acceptors (Lipinski definition) is 3. The Morgan fingerprint density at radius 3 is 2.69 bits per heavy atom. The quantitative estimate of drug-likeness (QED) is 0.496. The predicted octanol–water partition coefficient (Wildman–Crippen LogP) is 5.41. The van der Waals surface area contributed by atoms with Crippen LogP contribution in [0.25, 0.3) is 11.0 Å². The number of imidazole rings is 1. The number of para-hydroxylation sites is 2. The number of ether oxygens (including phenoxy) is 1. The zero-order valence-electron chi connectivity index (χ0n) is 17.5. The van der Waals surface area contributed by atoms with E-state index in [2.05, 4.69) is 31.4 Å². The molecule has 1 aromatic heterocycles. The van der Waals surface area contributed by atoms with Crippen molar-refractivity contribution in [3.63, 3.8) is 0 Å². The number of fused-ring (bicyclic) bond motifs is 1. The summed E-state index contributed by atoms with van der Waals surface area (Å²) >= 11 is 6.17. The second kappa shape index (κ2) is 9.31. The summed E-state index contributed by atoms with van der Waals surface area (Å²) in [6.07, 6.45) is 0.994. The van der Waals surface area contributed by atoms with Gasteiger partial charge in [0, 0.05) is 18.1 Å². The molecule has 0 saturated heterocycles. The number of nitrogens with zero attached hydrogens (tertiary/aromatic N) is 3. The highest BCUT2D eigenvalue weighted by molar-refractivity contribution is 6.31. The lowest BCUT2D eigenvalue weighted by Crippen LogP contribution is -2.35. The monoisotopic (exact) mass is 413 g/mol. The van der Waals surface area contributed by atoms with Crippen LogP contribution in [0.1, 0.15) is 43.4 Å². The summed E-state index contributed by atoms with van der Waals surface area (Å²) in [6.45, 7) is 8.26. The molecular weight excluding hydrogens is 386 g/mol. The van der Waals surface area contributed by atoms with Crippen LogP contribution in [0, 0.1) is 5.92 Å². The molecule has 6 heteroatoms. The minimum absolute atomic E-state index is 0.104. The molecule has 0 atom stereocenters. The first-order valence-electron chi connectivity index (χ1n) is 10.0. The lowest BCUT2D eigenvalue weighted by atomic mass is 10.1. The Morgan fingerprint density at radius 1 is 1.24 bits per heavy atom. The van der Waals surface area contributed by atoms with Crippen LogP contribution in [0.2, 0.25) is 5.02 Å². The Hall–Kier alpha value is -2.53. The number of benzene rings is 2. The van der Waals surface area contributed by atoms with Gasteiger partial charge in [-0.2, -0.15) is 0 Å². The van der Waals surface area contributed by atoms with Crippen molar-refractivity contribution in [2.24, 2.45) is 5.92 Å². The lowest BCUT2D eigenvalue weighted by Gasteiger charge is -2.25. The SMILES string of the molecule is CCCn1c(CN(CC(C)C)C(=O)c2cc(Cl)ccc2OC)nc2ccccc21. The number of carbonyl (C=O) groups excluding carboxylic acids is 1. The van der Waals surface area contributed by atoms with Gasteiger partial charge >= 0.3 is 0 Å². The van der Waals surface area contributed by atoms with Gasteiger partial charge in [0.05, 0.1) is 30.3 Å². The van der Waals surface area contributed by atoms with Crippen molar-refractivity contribution in [2.45, 2.75) is 40.3 Å². The van der Waals surface area contributed by atoms with Crippen LogP contribution in [0.4, 0.5) is 0 Å². The molecule has 154 valence electrons.